The van der Waals surface area contributed by atoms with Crippen LogP contribution in [0.5, 0.6) is 5.75 Å². The SMILES string of the molecule is C[C@H](Oc1ccc(C(=O)c2ccc(Cl)cc2)cc1)c1nnc(-c2ccccc2)o1. The molecule has 3 aromatic carbocycles. The van der Waals surface area contributed by atoms with Crippen LogP contribution in [0.1, 0.15) is 34.8 Å². The molecule has 4 aromatic rings. The van der Waals surface area contributed by atoms with Gasteiger partial charge in [0.1, 0.15) is 5.75 Å². The molecular formula is C23H17ClN2O3. The summed E-state index contributed by atoms with van der Waals surface area (Å²) in [6.07, 6.45) is -0.433. The van der Waals surface area contributed by atoms with Crippen LogP contribution in [0.2, 0.25) is 5.02 Å². The number of aromatic nitrogens is 2. The summed E-state index contributed by atoms with van der Waals surface area (Å²) in [7, 11) is 0. The van der Waals surface area contributed by atoms with Crippen molar-refractivity contribution in [3.8, 4) is 17.2 Å². The van der Waals surface area contributed by atoms with Crippen LogP contribution < -0.4 is 4.74 Å². The Morgan fingerprint density at radius 2 is 1.52 bits per heavy atom. The fourth-order valence-corrected chi connectivity index (χ4v) is 2.93. The number of rotatable bonds is 6. The fraction of sp³-hybridized carbons (Fsp3) is 0.0870. The van der Waals surface area contributed by atoms with Crippen molar-refractivity contribution in [2.75, 3.05) is 0 Å². The number of ether oxygens (including phenoxy) is 1. The summed E-state index contributed by atoms with van der Waals surface area (Å²) in [5.41, 5.74) is 2.00. The zero-order valence-electron chi connectivity index (χ0n) is 15.6. The molecule has 1 heterocycles. The number of ketones is 1. The molecule has 0 bridgehead atoms. The van der Waals surface area contributed by atoms with E-state index in [-0.39, 0.29) is 5.78 Å². The first-order valence-corrected chi connectivity index (χ1v) is 9.44. The van der Waals surface area contributed by atoms with E-state index in [0.717, 1.165) is 5.56 Å². The van der Waals surface area contributed by atoms with E-state index in [0.29, 0.717) is 33.7 Å². The Kier molecular flexibility index (Phi) is 5.40. The van der Waals surface area contributed by atoms with Crippen LogP contribution in [0.15, 0.2) is 83.3 Å². The van der Waals surface area contributed by atoms with Crippen molar-refractivity contribution in [2.45, 2.75) is 13.0 Å². The molecule has 0 N–H and O–H groups in total. The van der Waals surface area contributed by atoms with Crippen molar-refractivity contribution in [2.24, 2.45) is 0 Å². The van der Waals surface area contributed by atoms with Gasteiger partial charge in [-0.15, -0.1) is 10.2 Å². The zero-order chi connectivity index (χ0) is 20.2. The van der Waals surface area contributed by atoms with E-state index >= 15 is 0 Å². The van der Waals surface area contributed by atoms with Crippen LogP contribution in [-0.4, -0.2) is 16.0 Å². The van der Waals surface area contributed by atoms with Gasteiger partial charge in [-0.1, -0.05) is 29.8 Å². The van der Waals surface area contributed by atoms with Crippen LogP contribution in [0.25, 0.3) is 11.5 Å². The summed E-state index contributed by atoms with van der Waals surface area (Å²) in [5.74, 6) is 1.35. The van der Waals surface area contributed by atoms with E-state index in [1.165, 1.54) is 0 Å². The maximum absolute atomic E-state index is 12.5. The van der Waals surface area contributed by atoms with Gasteiger partial charge in [-0.2, -0.15) is 0 Å². The predicted molar refractivity (Wildman–Crippen MR) is 110 cm³/mol. The quantitative estimate of drug-likeness (QED) is 0.382. The first-order chi connectivity index (χ1) is 14.1. The molecule has 0 saturated heterocycles. The Bertz CT molecular complexity index is 1110. The molecule has 0 aliphatic carbocycles. The highest BCUT2D eigenvalue weighted by atomic mass is 35.5. The lowest BCUT2D eigenvalue weighted by Gasteiger charge is -2.11. The van der Waals surface area contributed by atoms with Gasteiger partial charge in [0.25, 0.3) is 5.89 Å². The highest BCUT2D eigenvalue weighted by Crippen LogP contribution is 2.25. The molecule has 5 nitrogen and oxygen atoms in total. The monoisotopic (exact) mass is 404 g/mol. The molecule has 4 rings (SSSR count). The smallest absolute Gasteiger partial charge is 0.257 e. The standard InChI is InChI=1S/C23H17ClN2O3/c1-15(22-25-26-23(29-22)18-5-3-2-4-6-18)28-20-13-9-17(10-14-20)21(27)16-7-11-19(24)12-8-16/h2-15H,1H3/t15-/m0/s1. The lowest BCUT2D eigenvalue weighted by molar-refractivity contribution is 0.103. The highest BCUT2D eigenvalue weighted by Gasteiger charge is 2.17. The van der Waals surface area contributed by atoms with Crippen molar-refractivity contribution < 1.29 is 13.9 Å². The van der Waals surface area contributed by atoms with Crippen molar-refractivity contribution >= 4 is 17.4 Å². The van der Waals surface area contributed by atoms with Crippen LogP contribution in [0.4, 0.5) is 0 Å². The summed E-state index contributed by atoms with van der Waals surface area (Å²) in [6, 6.07) is 23.3. The fourth-order valence-electron chi connectivity index (χ4n) is 2.80. The molecule has 6 heteroatoms. The summed E-state index contributed by atoms with van der Waals surface area (Å²) >= 11 is 5.87. The Labute approximate surface area is 172 Å². The molecule has 0 aliphatic rings. The van der Waals surface area contributed by atoms with Crippen molar-refractivity contribution in [1.29, 1.82) is 0 Å². The number of benzene rings is 3. The van der Waals surface area contributed by atoms with Gasteiger partial charge in [0.15, 0.2) is 11.9 Å². The minimum Gasteiger partial charge on any atom is -0.481 e. The minimum absolute atomic E-state index is 0.0781. The first-order valence-electron chi connectivity index (χ1n) is 9.06. The molecule has 1 atom stereocenters. The molecule has 0 radical (unpaired) electrons. The van der Waals surface area contributed by atoms with Gasteiger partial charge in [0, 0.05) is 21.7 Å². The van der Waals surface area contributed by atoms with Gasteiger partial charge in [-0.25, -0.2) is 0 Å². The average molecular weight is 405 g/mol. The first kappa shape index (κ1) is 18.9. The molecular weight excluding hydrogens is 388 g/mol. The molecule has 0 spiro atoms. The molecule has 0 unspecified atom stereocenters. The summed E-state index contributed by atoms with van der Waals surface area (Å²) in [6.45, 7) is 1.83. The molecule has 0 aliphatic heterocycles. The van der Waals surface area contributed by atoms with Crippen molar-refractivity contribution in [1.82, 2.24) is 10.2 Å². The van der Waals surface area contributed by atoms with Crippen molar-refractivity contribution in [3.63, 3.8) is 0 Å². The summed E-state index contributed by atoms with van der Waals surface area (Å²) in [4.78, 5) is 12.5. The third-order valence-corrected chi connectivity index (χ3v) is 4.60. The molecule has 1 aromatic heterocycles. The summed E-state index contributed by atoms with van der Waals surface area (Å²) < 4.78 is 11.6. The maximum Gasteiger partial charge on any atom is 0.257 e. The van der Waals surface area contributed by atoms with E-state index in [1.807, 2.05) is 37.3 Å². The number of hydrogen-bond acceptors (Lipinski definition) is 5. The Hall–Kier alpha value is -3.44. The third kappa shape index (κ3) is 4.36. The molecule has 0 saturated carbocycles. The normalized spacial score (nSPS) is 11.8. The Balaban J connectivity index is 1.44. The minimum atomic E-state index is -0.433. The van der Waals surface area contributed by atoms with Crippen LogP contribution >= 0.6 is 11.6 Å². The van der Waals surface area contributed by atoms with E-state index in [4.69, 9.17) is 20.8 Å². The maximum atomic E-state index is 12.5. The zero-order valence-corrected chi connectivity index (χ0v) is 16.3. The second-order valence-electron chi connectivity index (χ2n) is 6.43. The number of hydrogen-bond donors (Lipinski definition) is 0. The Morgan fingerprint density at radius 1 is 0.897 bits per heavy atom. The lowest BCUT2D eigenvalue weighted by Crippen LogP contribution is -2.04. The van der Waals surface area contributed by atoms with E-state index in [1.54, 1.807) is 48.5 Å². The Morgan fingerprint density at radius 3 is 2.17 bits per heavy atom. The van der Waals surface area contributed by atoms with Crippen LogP contribution in [0, 0.1) is 0 Å². The third-order valence-electron chi connectivity index (χ3n) is 4.34. The van der Waals surface area contributed by atoms with E-state index in [9.17, 15) is 4.79 Å². The number of carbonyl (C=O) groups excluding carboxylic acids is 1. The van der Waals surface area contributed by atoms with Crippen LogP contribution in [-0.2, 0) is 0 Å². The van der Waals surface area contributed by atoms with Gasteiger partial charge in [-0.3, -0.25) is 4.79 Å². The second-order valence-corrected chi connectivity index (χ2v) is 6.87. The number of halogens is 1. The molecule has 0 amide bonds. The van der Waals surface area contributed by atoms with Gasteiger partial charge in [-0.05, 0) is 67.6 Å². The number of carbonyl (C=O) groups is 1. The average Bonchev–Trinajstić information content (AvgIpc) is 3.26. The van der Waals surface area contributed by atoms with Gasteiger partial charge >= 0.3 is 0 Å². The lowest BCUT2D eigenvalue weighted by atomic mass is 10.0. The van der Waals surface area contributed by atoms with E-state index < -0.39 is 6.10 Å². The van der Waals surface area contributed by atoms with Gasteiger partial charge in [0.2, 0.25) is 5.89 Å². The predicted octanol–water partition coefficient (Wildman–Crippen LogP) is 5.76. The number of nitrogens with zero attached hydrogens (tertiary/aromatic N) is 2. The van der Waals surface area contributed by atoms with Gasteiger partial charge < -0.3 is 9.15 Å². The highest BCUT2D eigenvalue weighted by molar-refractivity contribution is 6.30. The molecule has 0 fully saturated rings. The second kappa shape index (κ2) is 8.29. The topological polar surface area (TPSA) is 65.2 Å². The van der Waals surface area contributed by atoms with E-state index in [2.05, 4.69) is 10.2 Å². The van der Waals surface area contributed by atoms with Crippen LogP contribution in [0.3, 0.4) is 0 Å². The molecule has 29 heavy (non-hydrogen) atoms. The molecule has 144 valence electrons. The van der Waals surface area contributed by atoms with Gasteiger partial charge in [0.05, 0.1) is 0 Å². The largest absolute Gasteiger partial charge is 0.481 e. The van der Waals surface area contributed by atoms with Crippen molar-refractivity contribution in [3.05, 3.63) is 101 Å². The summed E-state index contributed by atoms with van der Waals surface area (Å²) in [5, 5.41) is 8.74.